The highest BCUT2D eigenvalue weighted by Gasteiger charge is 2.17. The molecule has 0 spiro atoms. The Morgan fingerprint density at radius 3 is 2.48 bits per heavy atom. The van der Waals surface area contributed by atoms with E-state index in [1.807, 2.05) is 13.2 Å². The standard InChI is InChI=1S/C17H19N3S/c1-4-5-14-11(2)20-17(19)15(10-18)16(14)12-6-8-13(21-3)9-7-12/h6-9H,4-5H2,1-3H3,(H2,19,20). The summed E-state index contributed by atoms with van der Waals surface area (Å²) in [4.78, 5) is 5.54. The van der Waals surface area contributed by atoms with Gasteiger partial charge in [-0.25, -0.2) is 4.98 Å². The predicted octanol–water partition coefficient (Wildman–Crippen LogP) is 4.19. The van der Waals surface area contributed by atoms with Crippen LogP contribution in [-0.4, -0.2) is 11.2 Å². The Labute approximate surface area is 130 Å². The van der Waals surface area contributed by atoms with Gasteiger partial charge in [-0.2, -0.15) is 5.26 Å². The number of nitriles is 1. The van der Waals surface area contributed by atoms with Gasteiger partial charge in [-0.05, 0) is 42.9 Å². The van der Waals surface area contributed by atoms with E-state index in [9.17, 15) is 5.26 Å². The fourth-order valence-electron chi connectivity index (χ4n) is 2.51. The molecule has 0 saturated heterocycles. The topological polar surface area (TPSA) is 62.7 Å². The van der Waals surface area contributed by atoms with Crippen LogP contribution in [0.3, 0.4) is 0 Å². The first-order chi connectivity index (χ1) is 10.1. The van der Waals surface area contributed by atoms with Crippen molar-refractivity contribution in [3.8, 4) is 17.2 Å². The molecule has 0 bridgehead atoms. The molecule has 2 rings (SSSR count). The number of hydrogen-bond acceptors (Lipinski definition) is 4. The molecule has 4 heteroatoms. The van der Waals surface area contributed by atoms with Gasteiger partial charge in [-0.3, -0.25) is 0 Å². The molecule has 1 aromatic heterocycles. The van der Waals surface area contributed by atoms with E-state index in [-0.39, 0.29) is 0 Å². The summed E-state index contributed by atoms with van der Waals surface area (Å²) < 4.78 is 0. The second-order valence-corrected chi connectivity index (χ2v) is 5.78. The number of thioether (sulfide) groups is 1. The molecule has 1 aromatic carbocycles. The molecule has 0 aliphatic rings. The van der Waals surface area contributed by atoms with Gasteiger partial charge in [-0.15, -0.1) is 11.8 Å². The van der Waals surface area contributed by atoms with Crippen molar-refractivity contribution < 1.29 is 0 Å². The largest absolute Gasteiger partial charge is 0.383 e. The Kier molecular flexibility index (Phi) is 4.87. The SMILES string of the molecule is CCCc1c(C)nc(N)c(C#N)c1-c1ccc(SC)cc1. The molecule has 108 valence electrons. The Balaban J connectivity index is 2.71. The first-order valence-corrected chi connectivity index (χ1v) is 8.18. The molecule has 0 aliphatic heterocycles. The molecular formula is C17H19N3S. The van der Waals surface area contributed by atoms with Crippen LogP contribution in [0, 0.1) is 18.3 Å². The number of rotatable bonds is 4. The van der Waals surface area contributed by atoms with Gasteiger partial charge in [-0.1, -0.05) is 25.5 Å². The van der Waals surface area contributed by atoms with E-state index in [0.29, 0.717) is 11.4 Å². The van der Waals surface area contributed by atoms with Crippen LogP contribution in [0.2, 0.25) is 0 Å². The van der Waals surface area contributed by atoms with E-state index in [1.54, 1.807) is 11.8 Å². The van der Waals surface area contributed by atoms with Crippen LogP contribution < -0.4 is 5.73 Å². The van der Waals surface area contributed by atoms with Crippen LogP contribution in [0.1, 0.15) is 30.2 Å². The Bertz CT molecular complexity index is 685. The molecule has 3 nitrogen and oxygen atoms in total. The molecule has 0 unspecified atom stereocenters. The molecule has 0 aliphatic carbocycles. The van der Waals surface area contributed by atoms with Crippen LogP contribution in [0.4, 0.5) is 5.82 Å². The molecule has 0 fully saturated rings. The third-order valence-electron chi connectivity index (χ3n) is 3.52. The van der Waals surface area contributed by atoms with E-state index in [2.05, 4.69) is 42.2 Å². The van der Waals surface area contributed by atoms with Gasteiger partial charge in [0.15, 0.2) is 0 Å². The minimum absolute atomic E-state index is 0.318. The van der Waals surface area contributed by atoms with Gasteiger partial charge in [0, 0.05) is 16.2 Å². The van der Waals surface area contributed by atoms with Gasteiger partial charge in [0.1, 0.15) is 17.5 Å². The number of pyridine rings is 1. The maximum Gasteiger partial charge on any atom is 0.142 e. The number of aromatic nitrogens is 1. The lowest BCUT2D eigenvalue weighted by atomic mass is 9.92. The number of anilines is 1. The zero-order valence-electron chi connectivity index (χ0n) is 12.6. The summed E-state index contributed by atoms with van der Waals surface area (Å²) in [6.45, 7) is 4.09. The van der Waals surface area contributed by atoms with Gasteiger partial charge in [0.05, 0.1) is 0 Å². The number of benzene rings is 1. The fraction of sp³-hybridized carbons (Fsp3) is 0.294. The Hall–Kier alpha value is -1.99. The molecule has 0 atom stereocenters. The third-order valence-corrected chi connectivity index (χ3v) is 4.27. The third kappa shape index (κ3) is 3.03. The molecule has 21 heavy (non-hydrogen) atoms. The highest BCUT2D eigenvalue weighted by molar-refractivity contribution is 7.98. The van der Waals surface area contributed by atoms with E-state index in [1.165, 1.54) is 4.90 Å². The van der Waals surface area contributed by atoms with Gasteiger partial charge in [0.2, 0.25) is 0 Å². The number of nitrogens with zero attached hydrogens (tertiary/aromatic N) is 2. The van der Waals surface area contributed by atoms with Crippen LogP contribution in [0.25, 0.3) is 11.1 Å². The molecule has 1 heterocycles. The van der Waals surface area contributed by atoms with Gasteiger partial charge in [0.25, 0.3) is 0 Å². The van der Waals surface area contributed by atoms with Gasteiger partial charge < -0.3 is 5.73 Å². The van der Waals surface area contributed by atoms with E-state index >= 15 is 0 Å². The second-order valence-electron chi connectivity index (χ2n) is 4.90. The zero-order chi connectivity index (χ0) is 15.4. The van der Waals surface area contributed by atoms with Crippen molar-refractivity contribution >= 4 is 17.6 Å². The highest BCUT2D eigenvalue weighted by Crippen LogP contribution is 2.33. The lowest BCUT2D eigenvalue weighted by Crippen LogP contribution is -2.05. The minimum atomic E-state index is 0.318. The number of aryl methyl sites for hydroxylation is 1. The molecule has 2 N–H and O–H groups in total. The summed E-state index contributed by atoms with van der Waals surface area (Å²) in [6, 6.07) is 10.5. The van der Waals surface area contributed by atoms with Crippen molar-refractivity contribution in [3.63, 3.8) is 0 Å². The maximum atomic E-state index is 9.47. The smallest absolute Gasteiger partial charge is 0.142 e. The maximum absolute atomic E-state index is 9.47. The van der Waals surface area contributed by atoms with Crippen molar-refractivity contribution in [3.05, 3.63) is 41.1 Å². The van der Waals surface area contributed by atoms with Crippen LogP contribution in [0.15, 0.2) is 29.2 Å². The average Bonchev–Trinajstić information content (AvgIpc) is 2.50. The summed E-state index contributed by atoms with van der Waals surface area (Å²) in [5, 5.41) is 9.47. The van der Waals surface area contributed by atoms with Crippen LogP contribution >= 0.6 is 11.8 Å². The number of nitrogens with two attached hydrogens (primary N) is 1. The molecule has 0 radical (unpaired) electrons. The van der Waals surface area contributed by atoms with Crippen LogP contribution in [0.5, 0.6) is 0 Å². The predicted molar refractivity (Wildman–Crippen MR) is 89.3 cm³/mol. The van der Waals surface area contributed by atoms with Crippen molar-refractivity contribution in [2.24, 2.45) is 0 Å². The second kappa shape index (κ2) is 6.64. The molecule has 2 aromatic rings. The van der Waals surface area contributed by atoms with Gasteiger partial charge >= 0.3 is 0 Å². The quantitative estimate of drug-likeness (QED) is 0.860. The van der Waals surface area contributed by atoms with Crippen molar-refractivity contribution in [2.45, 2.75) is 31.6 Å². The summed E-state index contributed by atoms with van der Waals surface area (Å²) >= 11 is 1.70. The highest BCUT2D eigenvalue weighted by atomic mass is 32.2. The molecule has 0 amide bonds. The monoisotopic (exact) mass is 297 g/mol. The van der Waals surface area contributed by atoms with E-state index in [0.717, 1.165) is 35.2 Å². The zero-order valence-corrected chi connectivity index (χ0v) is 13.4. The Morgan fingerprint density at radius 1 is 1.29 bits per heavy atom. The Morgan fingerprint density at radius 2 is 1.95 bits per heavy atom. The van der Waals surface area contributed by atoms with Crippen molar-refractivity contribution in [1.82, 2.24) is 4.98 Å². The number of hydrogen-bond donors (Lipinski definition) is 1. The first kappa shape index (κ1) is 15.4. The van der Waals surface area contributed by atoms with Crippen molar-refractivity contribution in [2.75, 3.05) is 12.0 Å². The lowest BCUT2D eigenvalue weighted by Gasteiger charge is -2.15. The van der Waals surface area contributed by atoms with E-state index in [4.69, 9.17) is 5.73 Å². The summed E-state index contributed by atoms with van der Waals surface area (Å²) in [6.07, 6.45) is 3.95. The summed E-state index contributed by atoms with van der Waals surface area (Å²) in [7, 11) is 0. The molecular weight excluding hydrogens is 278 g/mol. The molecule has 0 saturated carbocycles. The average molecular weight is 297 g/mol. The van der Waals surface area contributed by atoms with E-state index < -0.39 is 0 Å². The fourth-order valence-corrected chi connectivity index (χ4v) is 2.92. The lowest BCUT2D eigenvalue weighted by molar-refractivity contribution is 0.901. The van der Waals surface area contributed by atoms with Crippen LogP contribution in [-0.2, 0) is 6.42 Å². The normalized spacial score (nSPS) is 10.4. The summed E-state index contributed by atoms with van der Waals surface area (Å²) in [5.74, 6) is 0.318. The minimum Gasteiger partial charge on any atom is -0.383 e. The summed E-state index contributed by atoms with van der Waals surface area (Å²) in [5.41, 5.74) is 10.5. The first-order valence-electron chi connectivity index (χ1n) is 6.95. The van der Waals surface area contributed by atoms with Crippen molar-refractivity contribution in [1.29, 1.82) is 5.26 Å². The number of nitrogen functional groups attached to an aromatic ring is 1.